The number of hydrogen-bond donors (Lipinski definition) is 6. The van der Waals surface area contributed by atoms with E-state index in [9.17, 15) is 49.5 Å². The van der Waals surface area contributed by atoms with Gasteiger partial charge in [0, 0.05) is 13.1 Å². The molecule has 1 aromatic carbocycles. The summed E-state index contributed by atoms with van der Waals surface area (Å²) in [6, 6.07) is 8.17. The van der Waals surface area contributed by atoms with Crippen molar-refractivity contribution in [2.24, 2.45) is 10.7 Å². The normalized spacial score (nSPS) is 13.8. The number of isothiocyanates is 1. The van der Waals surface area contributed by atoms with Gasteiger partial charge in [0.15, 0.2) is 0 Å². The number of nitrogens with two attached hydrogens (primary N) is 1. The Morgan fingerprint density at radius 2 is 1.37 bits per heavy atom. The standard InChI is InChI=1S/C23H30N4O10S/c1-22(9-16(28)29,27(8-7-24)21(25-14-38)15-5-3-2-4-6-15)23(10-17(30)31,11-18(32)33)26(12-19(34)35)13-20(36)37/h2-6,21H,7-13,24H2,1H3,(H,28,29)(H,30,31)(H,32,33)(H,34,35)(H,36,37)/t21-,22?/m1/s1. The Labute approximate surface area is 223 Å². The Morgan fingerprint density at radius 3 is 1.74 bits per heavy atom. The highest BCUT2D eigenvalue weighted by Gasteiger charge is 2.60. The monoisotopic (exact) mass is 554 g/mol. The molecule has 15 heteroatoms. The number of rotatable bonds is 18. The second-order valence-corrected chi connectivity index (χ2v) is 8.83. The minimum absolute atomic E-state index is 0.153. The van der Waals surface area contributed by atoms with Gasteiger partial charge >= 0.3 is 29.8 Å². The molecule has 2 atom stereocenters. The molecule has 7 N–H and O–H groups in total. The quantitative estimate of drug-likeness (QED) is 0.107. The zero-order valence-electron chi connectivity index (χ0n) is 20.5. The predicted octanol–water partition coefficient (Wildman–Crippen LogP) is 0.442. The molecule has 0 aliphatic rings. The molecule has 0 aliphatic heterocycles. The summed E-state index contributed by atoms with van der Waals surface area (Å²) in [4.78, 5) is 66.3. The third kappa shape index (κ3) is 8.13. The molecule has 0 aliphatic carbocycles. The number of carbonyl (C=O) groups is 5. The maximum absolute atomic E-state index is 12.3. The fraction of sp³-hybridized carbons (Fsp3) is 0.478. The number of aliphatic imine (C=N–C) groups is 1. The van der Waals surface area contributed by atoms with Crippen molar-refractivity contribution in [2.75, 3.05) is 26.2 Å². The molecule has 0 spiro atoms. The van der Waals surface area contributed by atoms with Crippen molar-refractivity contribution in [1.82, 2.24) is 9.80 Å². The molecule has 0 radical (unpaired) electrons. The van der Waals surface area contributed by atoms with Gasteiger partial charge in [0.05, 0.1) is 48.6 Å². The number of nitrogens with zero attached hydrogens (tertiary/aromatic N) is 3. The second-order valence-electron chi connectivity index (χ2n) is 8.65. The van der Waals surface area contributed by atoms with Crippen LogP contribution < -0.4 is 5.73 Å². The summed E-state index contributed by atoms with van der Waals surface area (Å²) in [5.74, 6) is -7.92. The van der Waals surface area contributed by atoms with E-state index in [4.69, 9.17) is 18.0 Å². The SMILES string of the molecule is CC(CC(=O)O)(N(CCN)[C@@H](N=C=S)c1ccccc1)C(CC(=O)O)(CC(=O)O)N(CC(=O)O)CC(=O)O. The average Bonchev–Trinajstić information content (AvgIpc) is 2.79. The molecular weight excluding hydrogens is 524 g/mol. The number of hydrogen-bond acceptors (Lipinski definition) is 10. The van der Waals surface area contributed by atoms with Gasteiger partial charge in [-0.2, -0.15) is 0 Å². The topological polar surface area (TPSA) is 231 Å². The zero-order chi connectivity index (χ0) is 29.1. The molecule has 1 rings (SSSR count). The van der Waals surface area contributed by atoms with Crippen LogP contribution >= 0.6 is 12.2 Å². The van der Waals surface area contributed by atoms with Crippen LogP contribution in [0, 0.1) is 0 Å². The van der Waals surface area contributed by atoms with Gasteiger partial charge in [0.2, 0.25) is 0 Å². The summed E-state index contributed by atoms with van der Waals surface area (Å²) in [5.41, 5.74) is 1.75. The number of aliphatic carboxylic acids is 5. The van der Waals surface area contributed by atoms with Crippen molar-refractivity contribution in [2.45, 2.75) is 43.4 Å². The van der Waals surface area contributed by atoms with Gasteiger partial charge in [-0.25, -0.2) is 4.99 Å². The Bertz CT molecular complexity index is 1050. The van der Waals surface area contributed by atoms with Gasteiger partial charge in [-0.15, -0.1) is 0 Å². The van der Waals surface area contributed by atoms with Crippen LogP contribution in [-0.4, -0.2) is 108 Å². The summed E-state index contributed by atoms with van der Waals surface area (Å²) >= 11 is 4.80. The van der Waals surface area contributed by atoms with E-state index in [0.717, 1.165) is 0 Å². The van der Waals surface area contributed by atoms with Crippen molar-refractivity contribution in [3.63, 3.8) is 0 Å². The summed E-state index contributed by atoms with van der Waals surface area (Å²) in [6.07, 6.45) is -4.37. The molecule has 14 nitrogen and oxygen atoms in total. The molecule has 0 saturated carbocycles. The van der Waals surface area contributed by atoms with E-state index in [1.54, 1.807) is 30.3 Å². The molecule has 1 aromatic rings. The number of carboxylic acid groups (broad SMARTS) is 5. The third-order valence-corrected chi connectivity index (χ3v) is 6.32. The van der Waals surface area contributed by atoms with Crippen molar-refractivity contribution in [1.29, 1.82) is 0 Å². The van der Waals surface area contributed by atoms with E-state index in [1.165, 1.54) is 11.8 Å². The van der Waals surface area contributed by atoms with E-state index >= 15 is 0 Å². The van der Waals surface area contributed by atoms with Gasteiger partial charge in [-0.1, -0.05) is 30.3 Å². The number of thiocarbonyl (C=S) groups is 1. The first kappa shape index (κ1) is 32.3. The second kappa shape index (κ2) is 14.3. The van der Waals surface area contributed by atoms with Crippen LogP contribution in [-0.2, 0) is 24.0 Å². The molecule has 0 saturated heterocycles. The van der Waals surface area contributed by atoms with Crippen molar-refractivity contribution < 1.29 is 49.5 Å². The maximum atomic E-state index is 12.3. The highest BCUT2D eigenvalue weighted by atomic mass is 32.1. The highest BCUT2D eigenvalue weighted by Crippen LogP contribution is 2.46. The van der Waals surface area contributed by atoms with Gasteiger partial charge in [0.1, 0.15) is 6.17 Å². The molecule has 0 aromatic heterocycles. The lowest BCUT2D eigenvalue weighted by molar-refractivity contribution is -0.171. The molecule has 38 heavy (non-hydrogen) atoms. The van der Waals surface area contributed by atoms with Gasteiger partial charge in [0.25, 0.3) is 0 Å². The Kier molecular flexibility index (Phi) is 12.1. The van der Waals surface area contributed by atoms with Crippen LogP contribution in [0.1, 0.15) is 37.9 Å². The van der Waals surface area contributed by atoms with Crippen LogP contribution in [0.15, 0.2) is 35.3 Å². The van der Waals surface area contributed by atoms with Crippen LogP contribution in [0.5, 0.6) is 0 Å². The van der Waals surface area contributed by atoms with E-state index in [0.29, 0.717) is 10.5 Å². The third-order valence-electron chi connectivity index (χ3n) is 6.21. The molecule has 208 valence electrons. The van der Waals surface area contributed by atoms with E-state index in [2.05, 4.69) is 10.2 Å². The Hall–Kier alpha value is -3.75. The van der Waals surface area contributed by atoms with Crippen molar-refractivity contribution in [3.8, 4) is 0 Å². The molecule has 0 heterocycles. The largest absolute Gasteiger partial charge is 0.481 e. The van der Waals surface area contributed by atoms with Crippen molar-refractivity contribution >= 4 is 47.2 Å². The summed E-state index contributed by atoms with van der Waals surface area (Å²) in [5, 5.41) is 51.1. The first-order valence-electron chi connectivity index (χ1n) is 11.2. The fourth-order valence-electron chi connectivity index (χ4n) is 4.80. The lowest BCUT2D eigenvalue weighted by Gasteiger charge is -2.58. The minimum Gasteiger partial charge on any atom is -0.481 e. The minimum atomic E-state index is -2.42. The van der Waals surface area contributed by atoms with Crippen LogP contribution in [0.25, 0.3) is 0 Å². The first-order chi connectivity index (χ1) is 17.7. The lowest BCUT2D eigenvalue weighted by Crippen LogP contribution is -2.73. The maximum Gasteiger partial charge on any atom is 0.317 e. The molecule has 1 unspecified atom stereocenters. The van der Waals surface area contributed by atoms with Crippen LogP contribution in [0.3, 0.4) is 0 Å². The zero-order valence-corrected chi connectivity index (χ0v) is 21.3. The first-order valence-corrected chi connectivity index (χ1v) is 11.6. The Morgan fingerprint density at radius 1 is 0.895 bits per heavy atom. The highest BCUT2D eigenvalue weighted by molar-refractivity contribution is 7.78. The van der Waals surface area contributed by atoms with Crippen molar-refractivity contribution in [3.05, 3.63) is 35.9 Å². The molecule has 0 bridgehead atoms. The Balaban J connectivity index is 4.26. The molecule has 0 fully saturated rings. The van der Waals surface area contributed by atoms with Gasteiger partial charge in [-0.3, -0.25) is 33.8 Å². The van der Waals surface area contributed by atoms with Gasteiger partial charge < -0.3 is 31.3 Å². The lowest BCUT2D eigenvalue weighted by atomic mass is 9.68. The summed E-state index contributed by atoms with van der Waals surface area (Å²) in [7, 11) is 0. The van der Waals surface area contributed by atoms with E-state index in [1.807, 2.05) is 0 Å². The molecular formula is C23H30N4O10S. The van der Waals surface area contributed by atoms with Crippen LogP contribution in [0.4, 0.5) is 0 Å². The summed E-state index contributed by atoms with van der Waals surface area (Å²) < 4.78 is 0. The summed E-state index contributed by atoms with van der Waals surface area (Å²) in [6.45, 7) is -1.33. The smallest absolute Gasteiger partial charge is 0.317 e. The van der Waals surface area contributed by atoms with E-state index in [-0.39, 0.29) is 13.1 Å². The van der Waals surface area contributed by atoms with Gasteiger partial charge in [-0.05, 0) is 24.7 Å². The number of benzene rings is 1. The van der Waals surface area contributed by atoms with E-state index < -0.39 is 79.4 Å². The number of carboxylic acids is 5. The fourth-order valence-corrected chi connectivity index (χ4v) is 4.90. The molecule has 0 amide bonds. The average molecular weight is 555 g/mol. The van der Waals surface area contributed by atoms with Crippen LogP contribution in [0.2, 0.25) is 0 Å². The predicted molar refractivity (Wildman–Crippen MR) is 135 cm³/mol.